The summed E-state index contributed by atoms with van der Waals surface area (Å²) in [4.78, 5) is 15.5. The summed E-state index contributed by atoms with van der Waals surface area (Å²) >= 11 is 0. The molecule has 0 aliphatic carbocycles. The van der Waals surface area contributed by atoms with Gasteiger partial charge >= 0.3 is 5.97 Å². The third-order valence-electron chi connectivity index (χ3n) is 3.12. The number of ether oxygens (including phenoxy) is 1. The third-order valence-corrected chi connectivity index (χ3v) is 3.12. The first kappa shape index (κ1) is 15.0. The highest BCUT2D eigenvalue weighted by atomic mass is 16.5. The zero-order valence-corrected chi connectivity index (χ0v) is 11.6. The Morgan fingerprint density at radius 2 is 2.06 bits per heavy atom. The number of carbonyl (C=O) groups excluding carboxylic acids is 1. The summed E-state index contributed by atoms with van der Waals surface area (Å²) in [6.07, 6.45) is 3.95. The normalized spacial score (nSPS) is 15.5. The Morgan fingerprint density at radius 1 is 1.33 bits per heavy atom. The summed E-state index contributed by atoms with van der Waals surface area (Å²) < 4.78 is 4.60. The number of hydrogen-bond donors (Lipinski definition) is 0. The third kappa shape index (κ3) is 6.63. The van der Waals surface area contributed by atoms with Crippen LogP contribution < -0.4 is 0 Å². The van der Waals surface area contributed by atoms with Gasteiger partial charge in [-0.2, -0.15) is 0 Å². The van der Waals surface area contributed by atoms with E-state index in [-0.39, 0.29) is 5.97 Å². The van der Waals surface area contributed by atoms with Crippen molar-refractivity contribution < 1.29 is 9.53 Å². The topological polar surface area (TPSA) is 32.8 Å². The monoisotopic (exact) mass is 252 g/mol. The predicted octanol–water partition coefficient (Wildman–Crippen LogP) is 0.971. The molecule has 1 aliphatic heterocycles. The van der Waals surface area contributed by atoms with Gasteiger partial charge in [-0.3, -0.25) is 14.6 Å². The van der Waals surface area contributed by atoms with Crippen LogP contribution in [0.3, 0.4) is 0 Å². The lowest BCUT2D eigenvalue weighted by Gasteiger charge is -2.12. The summed E-state index contributed by atoms with van der Waals surface area (Å²) in [5.41, 5.74) is 0. The molecular formula is C14H24N2O2. The molecular weight excluding hydrogens is 228 g/mol. The van der Waals surface area contributed by atoms with Crippen LogP contribution in [-0.2, 0) is 9.53 Å². The molecule has 1 rings (SSSR count). The number of carbonyl (C=O) groups is 1. The van der Waals surface area contributed by atoms with Crippen LogP contribution in [0.1, 0.15) is 25.7 Å². The standard InChI is InChI=1S/C14H24N2O2/c1-15(10-7-8-14(17)18-2)9-3-4-11-16-12-5-6-13-16/h5-13H2,1-2H3. The van der Waals surface area contributed by atoms with E-state index in [2.05, 4.69) is 26.4 Å². The van der Waals surface area contributed by atoms with Gasteiger partial charge in [0.05, 0.1) is 20.2 Å². The van der Waals surface area contributed by atoms with Crippen molar-refractivity contribution in [2.75, 3.05) is 46.9 Å². The average molecular weight is 252 g/mol. The number of likely N-dealkylation sites (tertiary alicyclic amines) is 1. The molecule has 1 aliphatic rings. The van der Waals surface area contributed by atoms with Gasteiger partial charge in [0.2, 0.25) is 0 Å². The smallest absolute Gasteiger partial charge is 0.305 e. The van der Waals surface area contributed by atoms with Gasteiger partial charge in [-0.25, -0.2) is 0 Å². The molecule has 4 nitrogen and oxygen atoms in total. The number of rotatable bonds is 6. The molecule has 102 valence electrons. The van der Waals surface area contributed by atoms with E-state index < -0.39 is 0 Å². The van der Waals surface area contributed by atoms with Crippen LogP contribution in [0.5, 0.6) is 0 Å². The first-order chi connectivity index (χ1) is 8.72. The molecule has 0 aromatic rings. The van der Waals surface area contributed by atoms with E-state index in [4.69, 9.17) is 0 Å². The minimum absolute atomic E-state index is 0.136. The van der Waals surface area contributed by atoms with Gasteiger partial charge in [0.25, 0.3) is 0 Å². The molecule has 0 spiro atoms. The minimum atomic E-state index is -0.136. The maximum atomic E-state index is 10.9. The summed E-state index contributed by atoms with van der Waals surface area (Å²) in [7, 11) is 3.46. The van der Waals surface area contributed by atoms with Crippen LogP contribution in [0.25, 0.3) is 0 Å². The molecule has 1 fully saturated rings. The van der Waals surface area contributed by atoms with Gasteiger partial charge in [0, 0.05) is 6.42 Å². The predicted molar refractivity (Wildman–Crippen MR) is 72.2 cm³/mol. The van der Waals surface area contributed by atoms with Crippen molar-refractivity contribution in [3.05, 3.63) is 0 Å². The van der Waals surface area contributed by atoms with E-state index >= 15 is 0 Å². The Labute approximate surface area is 110 Å². The fraction of sp³-hybridized carbons (Fsp3) is 0.786. The van der Waals surface area contributed by atoms with Crippen LogP contribution in [0.4, 0.5) is 0 Å². The Bertz CT molecular complexity index is 301. The molecule has 18 heavy (non-hydrogen) atoms. The SMILES string of the molecule is COC(=O)CCCN(C)CC#CCN1CCCC1. The minimum Gasteiger partial charge on any atom is -0.469 e. The van der Waals surface area contributed by atoms with Crippen molar-refractivity contribution >= 4 is 5.97 Å². The zero-order chi connectivity index (χ0) is 13.2. The van der Waals surface area contributed by atoms with Crippen LogP contribution in [0.15, 0.2) is 0 Å². The molecule has 1 heterocycles. The maximum absolute atomic E-state index is 10.9. The lowest BCUT2D eigenvalue weighted by molar-refractivity contribution is -0.140. The van der Waals surface area contributed by atoms with Crippen LogP contribution >= 0.6 is 0 Å². The van der Waals surface area contributed by atoms with E-state index in [0.29, 0.717) is 6.42 Å². The number of esters is 1. The number of hydrogen-bond acceptors (Lipinski definition) is 4. The quantitative estimate of drug-likeness (QED) is 0.521. The average Bonchev–Trinajstić information content (AvgIpc) is 2.87. The van der Waals surface area contributed by atoms with Gasteiger partial charge in [-0.05, 0) is 45.9 Å². The molecule has 0 bridgehead atoms. The first-order valence-electron chi connectivity index (χ1n) is 6.66. The van der Waals surface area contributed by atoms with Gasteiger partial charge in [0.1, 0.15) is 0 Å². The summed E-state index contributed by atoms with van der Waals surface area (Å²) in [6, 6.07) is 0. The van der Waals surface area contributed by atoms with Crippen molar-refractivity contribution in [2.24, 2.45) is 0 Å². The second-order valence-electron chi connectivity index (χ2n) is 4.75. The Balaban J connectivity index is 2.03. The lowest BCUT2D eigenvalue weighted by Crippen LogP contribution is -2.22. The molecule has 4 heteroatoms. The second-order valence-corrected chi connectivity index (χ2v) is 4.75. The lowest BCUT2D eigenvalue weighted by atomic mass is 10.3. The van der Waals surface area contributed by atoms with Crippen LogP contribution in [0.2, 0.25) is 0 Å². The summed E-state index contributed by atoms with van der Waals surface area (Å²) in [6.45, 7) is 4.95. The van der Waals surface area contributed by atoms with Gasteiger partial charge in [0.15, 0.2) is 0 Å². The van der Waals surface area contributed by atoms with E-state index in [0.717, 1.165) is 26.1 Å². The fourth-order valence-corrected chi connectivity index (χ4v) is 1.97. The largest absolute Gasteiger partial charge is 0.469 e. The van der Waals surface area contributed by atoms with Gasteiger partial charge in [-0.1, -0.05) is 11.8 Å². The molecule has 0 aromatic heterocycles. The molecule has 0 radical (unpaired) electrons. The number of methoxy groups -OCH3 is 1. The number of nitrogens with zero attached hydrogens (tertiary/aromatic N) is 2. The highest BCUT2D eigenvalue weighted by Crippen LogP contribution is 2.05. The first-order valence-corrected chi connectivity index (χ1v) is 6.66. The van der Waals surface area contributed by atoms with Crippen molar-refractivity contribution in [3.63, 3.8) is 0 Å². The summed E-state index contributed by atoms with van der Waals surface area (Å²) in [5, 5.41) is 0. The molecule has 0 saturated carbocycles. The van der Waals surface area contributed by atoms with Crippen molar-refractivity contribution in [2.45, 2.75) is 25.7 Å². The zero-order valence-electron chi connectivity index (χ0n) is 11.6. The highest BCUT2D eigenvalue weighted by Gasteiger charge is 2.08. The molecule has 0 atom stereocenters. The van der Waals surface area contributed by atoms with E-state index in [9.17, 15) is 4.79 Å². The molecule has 0 aromatic carbocycles. The second kappa shape index (κ2) is 8.96. The van der Waals surface area contributed by atoms with Crippen molar-refractivity contribution in [1.82, 2.24) is 9.80 Å². The fourth-order valence-electron chi connectivity index (χ4n) is 1.97. The molecule has 0 unspecified atom stereocenters. The van der Waals surface area contributed by atoms with Crippen LogP contribution in [-0.4, -0.2) is 62.7 Å². The Morgan fingerprint density at radius 3 is 2.72 bits per heavy atom. The van der Waals surface area contributed by atoms with E-state index in [1.54, 1.807) is 0 Å². The van der Waals surface area contributed by atoms with E-state index in [1.807, 2.05) is 7.05 Å². The Kier molecular flexibility index (Phi) is 7.47. The van der Waals surface area contributed by atoms with E-state index in [1.165, 1.54) is 33.0 Å². The van der Waals surface area contributed by atoms with Gasteiger partial charge in [-0.15, -0.1) is 0 Å². The summed E-state index contributed by atoms with van der Waals surface area (Å²) in [5.74, 6) is 6.26. The van der Waals surface area contributed by atoms with Crippen molar-refractivity contribution in [3.8, 4) is 11.8 Å². The van der Waals surface area contributed by atoms with Gasteiger partial charge < -0.3 is 4.74 Å². The Hall–Kier alpha value is -1.05. The maximum Gasteiger partial charge on any atom is 0.305 e. The highest BCUT2D eigenvalue weighted by molar-refractivity contribution is 5.69. The molecule has 0 N–H and O–H groups in total. The molecule has 0 amide bonds. The van der Waals surface area contributed by atoms with Crippen LogP contribution in [0, 0.1) is 11.8 Å². The van der Waals surface area contributed by atoms with Crippen molar-refractivity contribution in [1.29, 1.82) is 0 Å². The molecule has 1 saturated heterocycles.